The highest BCUT2D eigenvalue weighted by atomic mass is 16.1. The Balaban J connectivity index is 1.67. The van der Waals surface area contributed by atoms with Crippen LogP contribution in [0.1, 0.15) is 30.9 Å². The van der Waals surface area contributed by atoms with Gasteiger partial charge in [0.05, 0.1) is 5.69 Å². The van der Waals surface area contributed by atoms with Crippen molar-refractivity contribution in [2.24, 2.45) is 5.92 Å². The van der Waals surface area contributed by atoms with Gasteiger partial charge in [0.1, 0.15) is 0 Å². The lowest BCUT2D eigenvalue weighted by Crippen LogP contribution is -2.19. The van der Waals surface area contributed by atoms with Crippen LogP contribution in [0.25, 0.3) is 11.3 Å². The number of aromatic nitrogens is 2. The molecule has 0 saturated heterocycles. The van der Waals surface area contributed by atoms with E-state index in [-0.39, 0.29) is 5.56 Å². The first-order valence-corrected chi connectivity index (χ1v) is 8.15. The number of hydrogen-bond donors (Lipinski definition) is 2. The lowest BCUT2D eigenvalue weighted by atomic mass is 10.0. The molecule has 1 aromatic carbocycles. The summed E-state index contributed by atoms with van der Waals surface area (Å²) in [5.41, 5.74) is 4.65. The molecule has 4 heteroatoms. The molecular weight excluding hydrogens is 274 g/mol. The van der Waals surface area contributed by atoms with Gasteiger partial charge in [-0.3, -0.25) is 4.79 Å². The highest BCUT2D eigenvalue weighted by Crippen LogP contribution is 2.31. The van der Waals surface area contributed by atoms with Crippen molar-refractivity contribution in [1.82, 2.24) is 15.5 Å². The first-order valence-electron chi connectivity index (χ1n) is 8.15. The first kappa shape index (κ1) is 15.0. The van der Waals surface area contributed by atoms with E-state index in [9.17, 15) is 4.79 Å². The van der Waals surface area contributed by atoms with Crippen molar-refractivity contribution in [3.05, 3.63) is 51.8 Å². The molecule has 2 aromatic rings. The Labute approximate surface area is 131 Å². The summed E-state index contributed by atoms with van der Waals surface area (Å²) < 4.78 is 0. The maximum absolute atomic E-state index is 11.1. The molecule has 22 heavy (non-hydrogen) atoms. The van der Waals surface area contributed by atoms with Crippen LogP contribution in [0, 0.1) is 5.92 Å². The molecule has 0 bridgehead atoms. The molecule has 1 heterocycles. The van der Waals surface area contributed by atoms with Crippen LogP contribution in [-0.2, 0) is 12.8 Å². The summed E-state index contributed by atoms with van der Waals surface area (Å²) in [6.45, 7) is 4.42. The van der Waals surface area contributed by atoms with E-state index in [0.717, 1.165) is 36.7 Å². The number of nitrogens with one attached hydrogen (secondary N) is 2. The van der Waals surface area contributed by atoms with Gasteiger partial charge in [-0.1, -0.05) is 19.1 Å². The van der Waals surface area contributed by atoms with Gasteiger partial charge in [0.25, 0.3) is 5.56 Å². The molecule has 0 aliphatic heterocycles. The van der Waals surface area contributed by atoms with Gasteiger partial charge < -0.3 is 5.32 Å². The molecular formula is C18H23N3O. The minimum atomic E-state index is -0.162. The minimum absolute atomic E-state index is 0.162. The lowest BCUT2D eigenvalue weighted by Gasteiger charge is -2.09. The van der Waals surface area contributed by atoms with Crippen LogP contribution in [0.5, 0.6) is 0 Å². The molecule has 0 fully saturated rings. The third-order valence-corrected chi connectivity index (χ3v) is 4.35. The van der Waals surface area contributed by atoms with Gasteiger partial charge >= 0.3 is 0 Å². The Hall–Kier alpha value is -1.94. The topological polar surface area (TPSA) is 57.8 Å². The molecule has 2 N–H and O–H groups in total. The first-order chi connectivity index (χ1) is 10.8. The van der Waals surface area contributed by atoms with Crippen LogP contribution in [0.2, 0.25) is 0 Å². The largest absolute Gasteiger partial charge is 0.317 e. The fourth-order valence-corrected chi connectivity index (χ4v) is 3.19. The Morgan fingerprint density at radius 3 is 2.82 bits per heavy atom. The fraction of sp³-hybridized carbons (Fsp3) is 0.444. The standard InChI is InChI=1S/C18H23N3O/c1-2-8-19-9-7-13-10-14-3-4-15(12-16(14)11-13)17-5-6-18(22)21-20-17/h3-6,12-13,19H,2,7-11H2,1H3,(H,21,22). The number of rotatable bonds is 6. The van der Waals surface area contributed by atoms with Crippen molar-refractivity contribution in [2.45, 2.75) is 32.6 Å². The van der Waals surface area contributed by atoms with Crippen LogP contribution in [-0.4, -0.2) is 23.3 Å². The molecule has 1 aromatic heterocycles. The third-order valence-electron chi connectivity index (χ3n) is 4.35. The number of fused-ring (bicyclic) bond motifs is 1. The Morgan fingerprint density at radius 2 is 2.05 bits per heavy atom. The zero-order valence-corrected chi connectivity index (χ0v) is 13.1. The van der Waals surface area contributed by atoms with Crippen LogP contribution >= 0.6 is 0 Å². The second-order valence-corrected chi connectivity index (χ2v) is 6.10. The minimum Gasteiger partial charge on any atom is -0.317 e. The second-order valence-electron chi connectivity index (χ2n) is 6.10. The van der Waals surface area contributed by atoms with Crippen LogP contribution in [0.3, 0.4) is 0 Å². The summed E-state index contributed by atoms with van der Waals surface area (Å²) >= 11 is 0. The Bertz CT molecular complexity index is 672. The van der Waals surface area contributed by atoms with Gasteiger partial charge in [-0.25, -0.2) is 5.10 Å². The average molecular weight is 297 g/mol. The van der Waals surface area contributed by atoms with E-state index in [0.29, 0.717) is 0 Å². The van der Waals surface area contributed by atoms with E-state index in [1.807, 2.05) is 0 Å². The zero-order chi connectivity index (χ0) is 15.4. The lowest BCUT2D eigenvalue weighted by molar-refractivity contribution is 0.486. The zero-order valence-electron chi connectivity index (χ0n) is 13.1. The smallest absolute Gasteiger partial charge is 0.264 e. The molecule has 116 valence electrons. The van der Waals surface area contributed by atoms with E-state index in [1.165, 1.54) is 36.5 Å². The average Bonchev–Trinajstić information content (AvgIpc) is 2.94. The van der Waals surface area contributed by atoms with Crippen molar-refractivity contribution >= 4 is 0 Å². The molecule has 1 aliphatic carbocycles. The van der Waals surface area contributed by atoms with Crippen molar-refractivity contribution < 1.29 is 0 Å². The van der Waals surface area contributed by atoms with Crippen LogP contribution in [0.15, 0.2) is 35.1 Å². The highest BCUT2D eigenvalue weighted by Gasteiger charge is 2.21. The number of H-pyrrole nitrogens is 1. The number of nitrogens with zero attached hydrogens (tertiary/aromatic N) is 1. The maximum Gasteiger partial charge on any atom is 0.264 e. The number of hydrogen-bond acceptors (Lipinski definition) is 3. The summed E-state index contributed by atoms with van der Waals surface area (Å²) in [6, 6.07) is 9.86. The van der Waals surface area contributed by atoms with Gasteiger partial charge in [0.15, 0.2) is 0 Å². The molecule has 0 spiro atoms. The SMILES string of the molecule is CCCNCCC1Cc2ccc(-c3ccc(=O)[nH]n3)cc2C1. The molecule has 0 radical (unpaired) electrons. The van der Waals surface area contributed by atoms with Crippen LogP contribution in [0.4, 0.5) is 0 Å². The summed E-state index contributed by atoms with van der Waals surface area (Å²) in [4.78, 5) is 11.1. The van der Waals surface area contributed by atoms with E-state index < -0.39 is 0 Å². The second kappa shape index (κ2) is 6.88. The van der Waals surface area contributed by atoms with E-state index in [4.69, 9.17) is 0 Å². The molecule has 0 amide bonds. The fourth-order valence-electron chi connectivity index (χ4n) is 3.19. The third kappa shape index (κ3) is 3.45. The van der Waals surface area contributed by atoms with Gasteiger partial charge in [-0.05, 0) is 68.0 Å². The summed E-state index contributed by atoms with van der Waals surface area (Å²) in [5, 5.41) is 10.1. The molecule has 4 nitrogen and oxygen atoms in total. The van der Waals surface area contributed by atoms with Gasteiger partial charge in [-0.15, -0.1) is 0 Å². The predicted molar refractivity (Wildman–Crippen MR) is 89.0 cm³/mol. The quantitative estimate of drug-likeness (QED) is 0.806. The molecule has 0 saturated carbocycles. The molecule has 1 aliphatic rings. The Morgan fingerprint density at radius 1 is 1.18 bits per heavy atom. The predicted octanol–water partition coefficient (Wildman–Crippen LogP) is 2.54. The maximum atomic E-state index is 11.1. The molecule has 1 atom stereocenters. The van der Waals surface area contributed by atoms with Crippen molar-refractivity contribution in [3.8, 4) is 11.3 Å². The van der Waals surface area contributed by atoms with Gasteiger partial charge in [0, 0.05) is 11.6 Å². The number of aromatic amines is 1. The molecule has 3 rings (SSSR count). The molecule has 1 unspecified atom stereocenters. The normalized spacial score (nSPS) is 16.7. The van der Waals surface area contributed by atoms with Crippen molar-refractivity contribution in [1.29, 1.82) is 0 Å². The van der Waals surface area contributed by atoms with E-state index >= 15 is 0 Å². The summed E-state index contributed by atoms with van der Waals surface area (Å²) in [5.74, 6) is 0.748. The summed E-state index contributed by atoms with van der Waals surface area (Å²) in [6.07, 6.45) is 4.77. The number of benzene rings is 1. The van der Waals surface area contributed by atoms with Crippen molar-refractivity contribution in [2.75, 3.05) is 13.1 Å². The summed E-state index contributed by atoms with van der Waals surface area (Å²) in [7, 11) is 0. The van der Waals surface area contributed by atoms with E-state index in [1.54, 1.807) is 6.07 Å². The monoisotopic (exact) mass is 297 g/mol. The van der Waals surface area contributed by atoms with Crippen molar-refractivity contribution in [3.63, 3.8) is 0 Å². The van der Waals surface area contributed by atoms with Gasteiger partial charge in [0.2, 0.25) is 0 Å². The van der Waals surface area contributed by atoms with E-state index in [2.05, 4.69) is 40.6 Å². The highest BCUT2D eigenvalue weighted by molar-refractivity contribution is 5.61. The van der Waals surface area contributed by atoms with Gasteiger partial charge in [-0.2, -0.15) is 5.10 Å². The Kier molecular flexibility index (Phi) is 4.68. The van der Waals surface area contributed by atoms with Crippen LogP contribution < -0.4 is 10.9 Å².